The van der Waals surface area contributed by atoms with E-state index in [-0.39, 0.29) is 5.91 Å². The second kappa shape index (κ2) is 6.79. The van der Waals surface area contributed by atoms with Gasteiger partial charge in [-0.2, -0.15) is 0 Å². The highest BCUT2D eigenvalue weighted by molar-refractivity contribution is 6.00. The SMILES string of the molecule is CC(C)CNC(=O)C(C)Nc1cc(N)ccc1C(N)=O. The summed E-state index contributed by atoms with van der Waals surface area (Å²) in [7, 11) is 0. The number of nitrogen functional groups attached to an aromatic ring is 1. The maximum atomic E-state index is 11.9. The van der Waals surface area contributed by atoms with Gasteiger partial charge in [0.1, 0.15) is 6.04 Å². The molecule has 6 heteroatoms. The van der Waals surface area contributed by atoms with Crippen molar-refractivity contribution in [2.75, 3.05) is 17.6 Å². The van der Waals surface area contributed by atoms with Gasteiger partial charge in [0.05, 0.1) is 5.56 Å². The molecule has 0 heterocycles. The lowest BCUT2D eigenvalue weighted by atomic mass is 10.1. The Balaban J connectivity index is 2.79. The lowest BCUT2D eigenvalue weighted by Crippen LogP contribution is -2.39. The average molecular weight is 278 g/mol. The Kier molecular flexibility index (Phi) is 5.37. The van der Waals surface area contributed by atoms with Crippen LogP contribution in [0, 0.1) is 5.92 Å². The monoisotopic (exact) mass is 278 g/mol. The summed E-state index contributed by atoms with van der Waals surface area (Å²) in [5, 5.41) is 5.78. The lowest BCUT2D eigenvalue weighted by Gasteiger charge is -2.18. The molecule has 0 aliphatic rings. The summed E-state index contributed by atoms with van der Waals surface area (Å²) < 4.78 is 0. The van der Waals surface area contributed by atoms with Crippen LogP contribution in [0.25, 0.3) is 0 Å². The van der Waals surface area contributed by atoms with Crippen LogP contribution in [-0.2, 0) is 4.79 Å². The highest BCUT2D eigenvalue weighted by Gasteiger charge is 2.16. The molecule has 0 bridgehead atoms. The number of nitrogens with two attached hydrogens (primary N) is 2. The van der Waals surface area contributed by atoms with E-state index in [1.54, 1.807) is 25.1 Å². The van der Waals surface area contributed by atoms with Crippen molar-refractivity contribution in [3.8, 4) is 0 Å². The molecular weight excluding hydrogens is 256 g/mol. The van der Waals surface area contributed by atoms with Crippen molar-refractivity contribution in [1.29, 1.82) is 0 Å². The maximum absolute atomic E-state index is 11.9. The number of anilines is 2. The normalized spacial score (nSPS) is 12.0. The van der Waals surface area contributed by atoms with Crippen molar-refractivity contribution in [2.45, 2.75) is 26.8 Å². The fraction of sp³-hybridized carbons (Fsp3) is 0.429. The zero-order valence-electron chi connectivity index (χ0n) is 12.1. The van der Waals surface area contributed by atoms with Crippen molar-refractivity contribution in [1.82, 2.24) is 5.32 Å². The van der Waals surface area contributed by atoms with E-state index in [4.69, 9.17) is 11.5 Å². The Morgan fingerprint density at radius 2 is 1.90 bits per heavy atom. The van der Waals surface area contributed by atoms with Gasteiger partial charge >= 0.3 is 0 Å². The Morgan fingerprint density at radius 1 is 1.25 bits per heavy atom. The standard InChI is InChI=1S/C14H22N4O2/c1-8(2)7-17-14(20)9(3)18-12-6-10(15)4-5-11(12)13(16)19/h4-6,8-9,18H,7,15H2,1-3H3,(H2,16,19)(H,17,20). The predicted octanol–water partition coefficient (Wildman–Crippen LogP) is 0.940. The van der Waals surface area contributed by atoms with Gasteiger partial charge in [-0.3, -0.25) is 9.59 Å². The lowest BCUT2D eigenvalue weighted by molar-refractivity contribution is -0.121. The number of amides is 2. The Hall–Kier alpha value is -2.24. The molecule has 0 aliphatic carbocycles. The Labute approximate surface area is 118 Å². The van der Waals surface area contributed by atoms with Gasteiger partial charge in [-0.1, -0.05) is 13.8 Å². The average Bonchev–Trinajstić information content (AvgIpc) is 2.35. The molecule has 2 amide bonds. The number of hydrogen-bond acceptors (Lipinski definition) is 4. The minimum Gasteiger partial charge on any atom is -0.399 e. The Bertz CT molecular complexity index is 500. The van der Waals surface area contributed by atoms with E-state index in [2.05, 4.69) is 10.6 Å². The van der Waals surface area contributed by atoms with Crippen LogP contribution < -0.4 is 22.1 Å². The smallest absolute Gasteiger partial charge is 0.250 e. The zero-order chi connectivity index (χ0) is 15.3. The molecule has 1 aromatic carbocycles. The van der Waals surface area contributed by atoms with Crippen molar-refractivity contribution in [3.05, 3.63) is 23.8 Å². The van der Waals surface area contributed by atoms with Gasteiger partial charge < -0.3 is 22.1 Å². The van der Waals surface area contributed by atoms with Gasteiger partial charge in [-0.05, 0) is 31.0 Å². The molecule has 20 heavy (non-hydrogen) atoms. The van der Waals surface area contributed by atoms with Crippen LogP contribution in [0.4, 0.5) is 11.4 Å². The number of carbonyl (C=O) groups is 2. The van der Waals surface area contributed by atoms with Gasteiger partial charge in [0, 0.05) is 17.9 Å². The number of rotatable bonds is 6. The number of hydrogen-bond donors (Lipinski definition) is 4. The Morgan fingerprint density at radius 3 is 2.45 bits per heavy atom. The third-order valence-corrected chi connectivity index (χ3v) is 2.76. The van der Waals surface area contributed by atoms with Crippen LogP contribution in [-0.4, -0.2) is 24.4 Å². The van der Waals surface area contributed by atoms with Crippen molar-refractivity contribution in [2.24, 2.45) is 11.7 Å². The molecule has 110 valence electrons. The second-order valence-corrected chi connectivity index (χ2v) is 5.17. The molecule has 0 aromatic heterocycles. The first kappa shape index (κ1) is 15.8. The van der Waals surface area contributed by atoms with E-state index in [0.717, 1.165) is 0 Å². The third kappa shape index (κ3) is 4.46. The highest BCUT2D eigenvalue weighted by Crippen LogP contribution is 2.19. The highest BCUT2D eigenvalue weighted by atomic mass is 16.2. The molecule has 1 atom stereocenters. The topological polar surface area (TPSA) is 110 Å². The van der Waals surface area contributed by atoms with Gasteiger partial charge in [-0.15, -0.1) is 0 Å². The van der Waals surface area contributed by atoms with Crippen LogP contribution in [0.1, 0.15) is 31.1 Å². The molecule has 1 aromatic rings. The molecule has 1 rings (SSSR count). The fourth-order valence-corrected chi connectivity index (χ4v) is 1.65. The predicted molar refractivity (Wildman–Crippen MR) is 80.3 cm³/mol. The first-order valence-electron chi connectivity index (χ1n) is 6.54. The number of nitrogens with one attached hydrogen (secondary N) is 2. The van der Waals surface area contributed by atoms with E-state index in [1.807, 2.05) is 13.8 Å². The quantitative estimate of drug-likeness (QED) is 0.580. The molecule has 1 unspecified atom stereocenters. The molecule has 0 saturated carbocycles. The van der Waals surface area contributed by atoms with Crippen LogP contribution in [0.5, 0.6) is 0 Å². The summed E-state index contributed by atoms with van der Waals surface area (Å²) in [6.45, 7) is 6.34. The van der Waals surface area contributed by atoms with Crippen LogP contribution in [0.3, 0.4) is 0 Å². The maximum Gasteiger partial charge on any atom is 0.250 e. The summed E-state index contributed by atoms with van der Waals surface area (Å²) in [5.74, 6) is -0.335. The van der Waals surface area contributed by atoms with E-state index in [0.29, 0.717) is 29.4 Å². The summed E-state index contributed by atoms with van der Waals surface area (Å²) in [5.41, 5.74) is 12.2. The van der Waals surface area contributed by atoms with Gasteiger partial charge in [0.2, 0.25) is 5.91 Å². The van der Waals surface area contributed by atoms with E-state index < -0.39 is 11.9 Å². The molecule has 0 fully saturated rings. The number of carbonyl (C=O) groups excluding carboxylic acids is 2. The summed E-state index contributed by atoms with van der Waals surface area (Å²) >= 11 is 0. The minimum atomic E-state index is -0.567. The summed E-state index contributed by atoms with van der Waals surface area (Å²) in [6.07, 6.45) is 0. The second-order valence-electron chi connectivity index (χ2n) is 5.17. The van der Waals surface area contributed by atoms with E-state index in [1.165, 1.54) is 0 Å². The van der Waals surface area contributed by atoms with E-state index >= 15 is 0 Å². The fourth-order valence-electron chi connectivity index (χ4n) is 1.65. The molecule has 0 saturated heterocycles. The largest absolute Gasteiger partial charge is 0.399 e. The number of primary amides is 1. The molecule has 6 nitrogen and oxygen atoms in total. The van der Waals surface area contributed by atoms with Gasteiger partial charge in [0.15, 0.2) is 0 Å². The first-order valence-corrected chi connectivity index (χ1v) is 6.54. The third-order valence-electron chi connectivity index (χ3n) is 2.76. The van der Waals surface area contributed by atoms with Gasteiger partial charge in [0.25, 0.3) is 5.91 Å². The van der Waals surface area contributed by atoms with Crippen molar-refractivity contribution >= 4 is 23.2 Å². The molecule has 0 aliphatic heterocycles. The number of benzene rings is 1. The van der Waals surface area contributed by atoms with Gasteiger partial charge in [-0.25, -0.2) is 0 Å². The van der Waals surface area contributed by atoms with Crippen LogP contribution in [0.15, 0.2) is 18.2 Å². The zero-order valence-corrected chi connectivity index (χ0v) is 12.1. The van der Waals surface area contributed by atoms with Crippen molar-refractivity contribution in [3.63, 3.8) is 0 Å². The van der Waals surface area contributed by atoms with E-state index in [9.17, 15) is 9.59 Å². The first-order chi connectivity index (χ1) is 9.31. The van der Waals surface area contributed by atoms with Crippen LogP contribution in [0.2, 0.25) is 0 Å². The summed E-state index contributed by atoms with van der Waals surface area (Å²) in [4.78, 5) is 23.2. The van der Waals surface area contributed by atoms with Crippen LogP contribution >= 0.6 is 0 Å². The summed E-state index contributed by atoms with van der Waals surface area (Å²) in [6, 6.07) is 4.23. The molecule has 6 N–H and O–H groups in total. The van der Waals surface area contributed by atoms with Crippen molar-refractivity contribution < 1.29 is 9.59 Å². The molecule has 0 spiro atoms. The minimum absolute atomic E-state index is 0.142. The molecular formula is C14H22N4O2. The molecule has 0 radical (unpaired) electrons.